The number of anilines is 1. The van der Waals surface area contributed by atoms with Gasteiger partial charge in [0.25, 0.3) is 5.91 Å². The molecule has 0 aliphatic heterocycles. The van der Waals surface area contributed by atoms with Gasteiger partial charge in [-0.05, 0) is 30.3 Å². The van der Waals surface area contributed by atoms with E-state index in [1.807, 2.05) is 0 Å². The molecule has 0 atom stereocenters. The zero-order valence-electron chi connectivity index (χ0n) is 12.7. The van der Waals surface area contributed by atoms with Crippen molar-refractivity contribution < 1.29 is 27.4 Å². The Morgan fingerprint density at radius 1 is 1.08 bits per heavy atom. The molecule has 0 saturated carbocycles. The number of alkyl halides is 3. The standard InChI is InChI=1S/C16H13ClF3NO3/c1-23-12-4-3-5-13(24-2)14(12)15(22)21-11-7-6-9(17)8-10(11)16(18,19)20/h3-8H,1-2H3,(H,21,22). The highest BCUT2D eigenvalue weighted by Crippen LogP contribution is 2.37. The second-order valence-corrected chi connectivity index (χ2v) is 5.12. The van der Waals surface area contributed by atoms with Crippen LogP contribution in [0.3, 0.4) is 0 Å². The van der Waals surface area contributed by atoms with E-state index in [1.54, 1.807) is 6.07 Å². The number of carbonyl (C=O) groups is 1. The molecule has 0 heterocycles. The summed E-state index contributed by atoms with van der Waals surface area (Å²) in [5.41, 5.74) is -1.47. The third kappa shape index (κ3) is 3.73. The number of nitrogens with one attached hydrogen (secondary N) is 1. The summed E-state index contributed by atoms with van der Waals surface area (Å²) in [6.07, 6.45) is -4.67. The number of halogens is 4. The number of carbonyl (C=O) groups excluding carboxylic acids is 1. The molecular weight excluding hydrogens is 347 g/mol. The molecule has 0 bridgehead atoms. The number of hydrogen-bond donors (Lipinski definition) is 1. The predicted octanol–water partition coefficient (Wildman–Crippen LogP) is 4.63. The molecule has 1 amide bonds. The Kier molecular flexibility index (Phi) is 5.23. The zero-order chi connectivity index (χ0) is 17.9. The van der Waals surface area contributed by atoms with Gasteiger partial charge in [-0.15, -0.1) is 0 Å². The summed E-state index contributed by atoms with van der Waals surface area (Å²) in [6, 6.07) is 7.69. The molecule has 1 N–H and O–H groups in total. The van der Waals surface area contributed by atoms with Crippen molar-refractivity contribution in [1.29, 1.82) is 0 Å². The lowest BCUT2D eigenvalue weighted by Crippen LogP contribution is -2.18. The summed E-state index contributed by atoms with van der Waals surface area (Å²) in [4.78, 5) is 12.5. The van der Waals surface area contributed by atoms with Gasteiger partial charge in [0.05, 0.1) is 25.5 Å². The Morgan fingerprint density at radius 3 is 2.17 bits per heavy atom. The highest BCUT2D eigenvalue weighted by atomic mass is 35.5. The van der Waals surface area contributed by atoms with E-state index in [0.29, 0.717) is 0 Å². The van der Waals surface area contributed by atoms with Crippen LogP contribution < -0.4 is 14.8 Å². The minimum absolute atomic E-state index is 0.00873. The average molecular weight is 360 g/mol. The quantitative estimate of drug-likeness (QED) is 0.866. The first-order chi connectivity index (χ1) is 11.3. The monoisotopic (exact) mass is 359 g/mol. The van der Waals surface area contributed by atoms with Gasteiger partial charge in [0.1, 0.15) is 17.1 Å². The Balaban J connectivity index is 2.45. The molecule has 0 aliphatic rings. The first-order valence-electron chi connectivity index (χ1n) is 6.67. The van der Waals surface area contributed by atoms with Crippen molar-refractivity contribution in [3.05, 3.63) is 52.5 Å². The highest BCUT2D eigenvalue weighted by Gasteiger charge is 2.34. The van der Waals surface area contributed by atoms with Gasteiger partial charge in [-0.2, -0.15) is 13.2 Å². The van der Waals surface area contributed by atoms with Gasteiger partial charge < -0.3 is 14.8 Å². The average Bonchev–Trinajstić information content (AvgIpc) is 2.54. The molecule has 0 unspecified atom stereocenters. The van der Waals surface area contributed by atoms with Crippen molar-refractivity contribution in [2.24, 2.45) is 0 Å². The zero-order valence-corrected chi connectivity index (χ0v) is 13.5. The van der Waals surface area contributed by atoms with Crippen molar-refractivity contribution in [2.45, 2.75) is 6.18 Å². The third-order valence-corrected chi connectivity index (χ3v) is 3.43. The lowest BCUT2D eigenvalue weighted by Gasteiger charge is -2.16. The molecule has 0 radical (unpaired) electrons. The van der Waals surface area contributed by atoms with Gasteiger partial charge >= 0.3 is 6.18 Å². The fraction of sp³-hybridized carbons (Fsp3) is 0.188. The summed E-state index contributed by atoms with van der Waals surface area (Å²) < 4.78 is 49.5. The van der Waals surface area contributed by atoms with E-state index in [9.17, 15) is 18.0 Å². The van der Waals surface area contributed by atoms with Crippen LogP contribution >= 0.6 is 11.6 Å². The van der Waals surface area contributed by atoms with Crippen LogP contribution in [0, 0.1) is 0 Å². The maximum Gasteiger partial charge on any atom is 0.418 e. The molecule has 0 saturated heterocycles. The smallest absolute Gasteiger partial charge is 0.418 e. The normalized spacial score (nSPS) is 11.1. The van der Waals surface area contributed by atoms with Crippen LogP contribution in [0.2, 0.25) is 5.02 Å². The Morgan fingerprint density at radius 2 is 1.67 bits per heavy atom. The third-order valence-electron chi connectivity index (χ3n) is 3.19. The lowest BCUT2D eigenvalue weighted by atomic mass is 10.1. The lowest BCUT2D eigenvalue weighted by molar-refractivity contribution is -0.136. The first-order valence-corrected chi connectivity index (χ1v) is 7.04. The minimum atomic E-state index is -4.67. The summed E-state index contributed by atoms with van der Waals surface area (Å²) in [5, 5.41) is 2.14. The summed E-state index contributed by atoms with van der Waals surface area (Å²) in [5.74, 6) is -0.444. The highest BCUT2D eigenvalue weighted by molar-refractivity contribution is 6.30. The predicted molar refractivity (Wildman–Crippen MR) is 84.0 cm³/mol. The van der Waals surface area contributed by atoms with Crippen LogP contribution in [0.1, 0.15) is 15.9 Å². The van der Waals surface area contributed by atoms with Gasteiger partial charge in [-0.1, -0.05) is 17.7 Å². The molecule has 0 aromatic heterocycles. The van der Waals surface area contributed by atoms with Gasteiger partial charge in [0, 0.05) is 5.02 Å². The van der Waals surface area contributed by atoms with Crippen molar-refractivity contribution in [1.82, 2.24) is 0 Å². The van der Waals surface area contributed by atoms with Crippen LogP contribution in [0.15, 0.2) is 36.4 Å². The van der Waals surface area contributed by atoms with Crippen LogP contribution in [0.5, 0.6) is 11.5 Å². The summed E-state index contributed by atoms with van der Waals surface area (Å²) >= 11 is 5.62. The molecule has 0 spiro atoms. The number of hydrogen-bond acceptors (Lipinski definition) is 3. The van der Waals surface area contributed by atoms with Gasteiger partial charge in [0.15, 0.2) is 0 Å². The van der Waals surface area contributed by atoms with Crippen molar-refractivity contribution in [3.8, 4) is 11.5 Å². The Bertz CT molecular complexity index is 740. The number of amides is 1. The van der Waals surface area contributed by atoms with Crippen LogP contribution in [0.25, 0.3) is 0 Å². The van der Waals surface area contributed by atoms with Crippen molar-refractivity contribution in [2.75, 3.05) is 19.5 Å². The molecule has 0 fully saturated rings. The van der Waals surface area contributed by atoms with Gasteiger partial charge in [0.2, 0.25) is 0 Å². The molecular formula is C16H13ClF3NO3. The van der Waals surface area contributed by atoms with E-state index in [-0.39, 0.29) is 22.1 Å². The summed E-state index contributed by atoms with van der Waals surface area (Å²) in [7, 11) is 2.68. The van der Waals surface area contributed by atoms with E-state index >= 15 is 0 Å². The topological polar surface area (TPSA) is 47.6 Å². The van der Waals surface area contributed by atoms with E-state index in [1.165, 1.54) is 32.4 Å². The van der Waals surface area contributed by atoms with Crippen LogP contribution in [-0.4, -0.2) is 20.1 Å². The fourth-order valence-electron chi connectivity index (χ4n) is 2.12. The number of methoxy groups -OCH3 is 2. The van der Waals surface area contributed by atoms with E-state index < -0.39 is 23.3 Å². The second-order valence-electron chi connectivity index (χ2n) is 4.68. The molecule has 2 rings (SSSR count). The number of ether oxygens (including phenoxy) is 2. The SMILES string of the molecule is COc1cccc(OC)c1C(=O)Nc1ccc(Cl)cc1C(F)(F)F. The van der Waals surface area contributed by atoms with E-state index in [2.05, 4.69) is 5.32 Å². The van der Waals surface area contributed by atoms with Crippen molar-refractivity contribution in [3.63, 3.8) is 0 Å². The van der Waals surface area contributed by atoms with E-state index in [4.69, 9.17) is 21.1 Å². The largest absolute Gasteiger partial charge is 0.496 e. The molecule has 0 aliphatic carbocycles. The molecule has 4 nitrogen and oxygen atoms in total. The molecule has 128 valence electrons. The van der Waals surface area contributed by atoms with Gasteiger partial charge in [-0.25, -0.2) is 0 Å². The minimum Gasteiger partial charge on any atom is -0.496 e. The van der Waals surface area contributed by atoms with Gasteiger partial charge in [-0.3, -0.25) is 4.79 Å². The Hall–Kier alpha value is -2.41. The number of rotatable bonds is 4. The molecule has 2 aromatic rings. The first kappa shape index (κ1) is 17.9. The van der Waals surface area contributed by atoms with E-state index in [0.717, 1.165) is 12.1 Å². The Labute approximate surface area is 141 Å². The maximum absolute atomic E-state index is 13.1. The van der Waals surface area contributed by atoms with Crippen LogP contribution in [0.4, 0.5) is 18.9 Å². The summed E-state index contributed by atoms with van der Waals surface area (Å²) in [6.45, 7) is 0. The molecule has 8 heteroatoms. The van der Waals surface area contributed by atoms with Crippen molar-refractivity contribution >= 4 is 23.2 Å². The number of benzene rings is 2. The fourth-order valence-corrected chi connectivity index (χ4v) is 2.29. The van der Waals surface area contributed by atoms with Crippen LogP contribution in [-0.2, 0) is 6.18 Å². The maximum atomic E-state index is 13.1. The molecule has 24 heavy (non-hydrogen) atoms. The molecule has 2 aromatic carbocycles. The second kappa shape index (κ2) is 7.00.